The number of rotatable bonds is 5. The molecule has 1 aliphatic heterocycles. The van der Waals surface area contributed by atoms with Crippen LogP contribution in [0.3, 0.4) is 0 Å². The number of carbonyl (C=O) groups is 1. The lowest BCUT2D eigenvalue weighted by Gasteiger charge is -2.20. The van der Waals surface area contributed by atoms with E-state index in [0.29, 0.717) is 30.7 Å². The molecular weight excluding hydrogens is 515 g/mol. The van der Waals surface area contributed by atoms with Crippen molar-refractivity contribution in [3.05, 3.63) is 68.9 Å². The Labute approximate surface area is 205 Å². The van der Waals surface area contributed by atoms with Crippen molar-refractivity contribution in [2.24, 2.45) is 0 Å². The number of halogens is 6. The number of anilines is 1. The SMILES string of the molecule is C[C@H](Oc1cc(-n2nc3n(c2=O)CCCOC3)c(F)cc1C(=O)Nc1c(F)cccc1Cl)C(F)(F)F. The molecule has 2 heterocycles. The molecule has 8 nitrogen and oxygen atoms in total. The second kappa shape index (κ2) is 9.90. The van der Waals surface area contributed by atoms with Crippen molar-refractivity contribution < 1.29 is 36.2 Å². The maximum Gasteiger partial charge on any atom is 0.425 e. The molecule has 2 aromatic carbocycles. The summed E-state index contributed by atoms with van der Waals surface area (Å²) in [6, 6.07) is 4.87. The molecule has 1 aromatic heterocycles. The van der Waals surface area contributed by atoms with E-state index in [1.807, 2.05) is 0 Å². The number of para-hydroxylation sites is 1. The Morgan fingerprint density at radius 3 is 2.69 bits per heavy atom. The third-order valence-corrected chi connectivity index (χ3v) is 5.64. The van der Waals surface area contributed by atoms with Gasteiger partial charge in [-0.05, 0) is 31.5 Å². The number of amides is 1. The van der Waals surface area contributed by atoms with Crippen LogP contribution in [0.15, 0.2) is 35.1 Å². The van der Waals surface area contributed by atoms with Crippen LogP contribution in [-0.2, 0) is 17.9 Å². The first-order valence-corrected chi connectivity index (χ1v) is 10.9. The van der Waals surface area contributed by atoms with E-state index in [9.17, 15) is 27.2 Å². The number of nitrogens with zero attached hydrogens (tertiary/aromatic N) is 3. The summed E-state index contributed by atoms with van der Waals surface area (Å²) in [4.78, 5) is 25.7. The van der Waals surface area contributed by atoms with E-state index in [-0.39, 0.29) is 24.0 Å². The number of nitrogens with one attached hydrogen (secondary N) is 1. The van der Waals surface area contributed by atoms with Crippen molar-refractivity contribution >= 4 is 23.2 Å². The Hall–Kier alpha value is -3.45. The first-order valence-electron chi connectivity index (χ1n) is 10.6. The molecule has 4 rings (SSSR count). The van der Waals surface area contributed by atoms with E-state index in [2.05, 4.69) is 10.4 Å². The predicted molar refractivity (Wildman–Crippen MR) is 118 cm³/mol. The second-order valence-electron chi connectivity index (χ2n) is 7.82. The monoisotopic (exact) mass is 532 g/mol. The van der Waals surface area contributed by atoms with Crippen LogP contribution in [0.25, 0.3) is 5.69 Å². The third kappa shape index (κ3) is 5.07. The van der Waals surface area contributed by atoms with E-state index in [0.717, 1.165) is 12.1 Å². The van der Waals surface area contributed by atoms with E-state index >= 15 is 4.39 Å². The van der Waals surface area contributed by atoms with Crippen LogP contribution in [0.4, 0.5) is 27.6 Å². The zero-order valence-corrected chi connectivity index (χ0v) is 19.3. The van der Waals surface area contributed by atoms with Gasteiger partial charge in [0.25, 0.3) is 5.91 Å². The van der Waals surface area contributed by atoms with Crippen LogP contribution in [0.1, 0.15) is 29.5 Å². The number of carbonyl (C=O) groups excluding carboxylic acids is 1. The summed E-state index contributed by atoms with van der Waals surface area (Å²) < 4.78 is 81.2. The van der Waals surface area contributed by atoms with Gasteiger partial charge in [0.1, 0.15) is 29.7 Å². The first-order chi connectivity index (χ1) is 17.0. The summed E-state index contributed by atoms with van der Waals surface area (Å²) in [5, 5.41) is 5.95. The van der Waals surface area contributed by atoms with Crippen molar-refractivity contribution in [2.75, 3.05) is 11.9 Å². The van der Waals surface area contributed by atoms with Gasteiger partial charge < -0.3 is 14.8 Å². The van der Waals surface area contributed by atoms with Crippen molar-refractivity contribution in [3.8, 4) is 11.4 Å². The van der Waals surface area contributed by atoms with E-state index in [1.165, 1.54) is 16.7 Å². The molecule has 1 amide bonds. The summed E-state index contributed by atoms with van der Waals surface area (Å²) in [6.07, 6.45) is -6.75. The van der Waals surface area contributed by atoms with Crippen molar-refractivity contribution in [2.45, 2.75) is 38.8 Å². The highest BCUT2D eigenvalue weighted by Gasteiger charge is 2.39. The lowest BCUT2D eigenvalue weighted by Crippen LogP contribution is -2.32. The average molecular weight is 533 g/mol. The lowest BCUT2D eigenvalue weighted by atomic mass is 10.1. The molecular formula is C22H18ClF5N4O4. The van der Waals surface area contributed by atoms with Crippen LogP contribution in [-0.4, -0.2) is 39.1 Å². The summed E-state index contributed by atoms with van der Waals surface area (Å²) in [5.74, 6) is -3.81. The predicted octanol–water partition coefficient (Wildman–Crippen LogP) is 4.47. The first kappa shape index (κ1) is 25.6. The molecule has 1 atom stereocenters. The van der Waals surface area contributed by atoms with Gasteiger partial charge in [-0.2, -0.15) is 17.9 Å². The van der Waals surface area contributed by atoms with Gasteiger partial charge in [-0.25, -0.2) is 13.6 Å². The Kier molecular flexibility index (Phi) is 7.05. The number of ether oxygens (including phenoxy) is 2. The summed E-state index contributed by atoms with van der Waals surface area (Å²) in [7, 11) is 0. The lowest BCUT2D eigenvalue weighted by molar-refractivity contribution is -0.189. The fraction of sp³-hybridized carbons (Fsp3) is 0.318. The molecule has 0 unspecified atom stereocenters. The van der Waals surface area contributed by atoms with Crippen molar-refractivity contribution in [1.29, 1.82) is 0 Å². The molecule has 192 valence electrons. The third-order valence-electron chi connectivity index (χ3n) is 5.33. The number of hydrogen-bond donors (Lipinski definition) is 1. The molecule has 3 aromatic rings. The number of aromatic nitrogens is 3. The molecule has 14 heteroatoms. The van der Waals surface area contributed by atoms with Gasteiger partial charge in [-0.15, -0.1) is 5.10 Å². The van der Waals surface area contributed by atoms with E-state index < -0.39 is 58.2 Å². The van der Waals surface area contributed by atoms with E-state index in [4.69, 9.17) is 21.1 Å². The maximum absolute atomic E-state index is 15.2. The molecule has 1 aliphatic rings. The second-order valence-corrected chi connectivity index (χ2v) is 8.23. The fourth-order valence-electron chi connectivity index (χ4n) is 3.45. The van der Waals surface area contributed by atoms with Crippen LogP contribution in [0, 0.1) is 11.6 Å². The maximum atomic E-state index is 15.2. The van der Waals surface area contributed by atoms with Gasteiger partial charge in [-0.3, -0.25) is 9.36 Å². The average Bonchev–Trinajstić information content (AvgIpc) is 2.96. The van der Waals surface area contributed by atoms with Gasteiger partial charge >= 0.3 is 11.9 Å². The Morgan fingerprint density at radius 1 is 1.25 bits per heavy atom. The Balaban J connectivity index is 1.80. The highest BCUT2D eigenvalue weighted by molar-refractivity contribution is 6.34. The smallest absolute Gasteiger partial charge is 0.425 e. The standard InChI is InChI=1S/C22H18ClF5N4O4/c1-11(22(26,27)28)36-17-9-16(32-21(34)31-6-3-7-35-10-18(31)30-32)15(25)8-12(17)20(33)29-19-13(23)4-2-5-14(19)24/h2,4-5,8-9,11H,3,6-7,10H2,1H3,(H,29,33)/t11-/m0/s1. The highest BCUT2D eigenvalue weighted by Crippen LogP contribution is 2.32. The minimum atomic E-state index is -4.84. The molecule has 36 heavy (non-hydrogen) atoms. The Bertz CT molecular complexity index is 1350. The van der Waals surface area contributed by atoms with Gasteiger partial charge in [0.05, 0.1) is 16.3 Å². The molecule has 0 radical (unpaired) electrons. The van der Waals surface area contributed by atoms with Gasteiger partial charge in [-0.1, -0.05) is 17.7 Å². The molecule has 0 spiro atoms. The molecule has 0 bridgehead atoms. The number of fused-ring (bicyclic) bond motifs is 1. The highest BCUT2D eigenvalue weighted by atomic mass is 35.5. The van der Waals surface area contributed by atoms with Gasteiger partial charge in [0.15, 0.2) is 11.9 Å². The Morgan fingerprint density at radius 2 is 2.00 bits per heavy atom. The van der Waals surface area contributed by atoms with Crippen LogP contribution < -0.4 is 15.7 Å². The summed E-state index contributed by atoms with van der Waals surface area (Å²) >= 11 is 5.89. The number of hydrogen-bond acceptors (Lipinski definition) is 5. The summed E-state index contributed by atoms with van der Waals surface area (Å²) in [5.41, 5.74) is -2.45. The van der Waals surface area contributed by atoms with Crippen LogP contribution >= 0.6 is 11.6 Å². The largest absolute Gasteiger partial charge is 0.480 e. The normalized spacial score (nSPS) is 14.6. The molecule has 0 aliphatic carbocycles. The van der Waals surface area contributed by atoms with Crippen LogP contribution in [0.5, 0.6) is 5.75 Å². The van der Waals surface area contributed by atoms with Gasteiger partial charge in [0, 0.05) is 19.2 Å². The zero-order chi connectivity index (χ0) is 26.2. The molecule has 1 N–H and O–H groups in total. The number of benzene rings is 2. The van der Waals surface area contributed by atoms with E-state index in [1.54, 1.807) is 0 Å². The minimum absolute atomic E-state index is 0.0256. The quantitative estimate of drug-likeness (QED) is 0.490. The summed E-state index contributed by atoms with van der Waals surface area (Å²) in [6.45, 7) is 1.29. The molecule has 0 saturated carbocycles. The fourth-order valence-corrected chi connectivity index (χ4v) is 3.66. The van der Waals surface area contributed by atoms with Crippen molar-refractivity contribution in [3.63, 3.8) is 0 Å². The van der Waals surface area contributed by atoms with Crippen molar-refractivity contribution in [1.82, 2.24) is 14.3 Å². The zero-order valence-electron chi connectivity index (χ0n) is 18.5. The minimum Gasteiger partial charge on any atom is -0.480 e. The topological polar surface area (TPSA) is 87.4 Å². The number of alkyl halides is 3. The molecule has 0 saturated heterocycles. The van der Waals surface area contributed by atoms with Crippen LogP contribution in [0.2, 0.25) is 5.02 Å². The van der Waals surface area contributed by atoms with Gasteiger partial charge in [0.2, 0.25) is 0 Å². The molecule has 0 fully saturated rings.